The molecule has 0 bridgehead atoms. The second-order valence-corrected chi connectivity index (χ2v) is 18.4. The first-order valence-electron chi connectivity index (χ1n) is 15.2. The molecule has 0 radical (unpaired) electrons. The normalized spacial score (nSPS) is 35.0. The molecule has 0 aromatic rings. The number of aliphatic hydroxyl groups excluding tert-OH is 1. The fourth-order valence-corrected chi connectivity index (χ4v) is 10.1. The molecule has 3 fully saturated rings. The average Bonchev–Trinajstić information content (AvgIpc) is 3.40. The van der Waals surface area contributed by atoms with Crippen molar-refractivity contribution in [1.29, 1.82) is 0 Å². The van der Waals surface area contributed by atoms with Crippen LogP contribution in [0.15, 0.2) is 12.0 Å². The van der Waals surface area contributed by atoms with Gasteiger partial charge in [0.1, 0.15) is 42.5 Å². The van der Waals surface area contributed by atoms with Crippen molar-refractivity contribution in [2.24, 2.45) is 5.41 Å². The van der Waals surface area contributed by atoms with Crippen LogP contribution in [0, 0.1) is 5.41 Å². The molecule has 0 saturated carbocycles. The molecule has 0 unspecified atom stereocenters. The molecule has 4 rings (SSSR count). The summed E-state index contributed by atoms with van der Waals surface area (Å²) in [6, 6.07) is 0. The quantitative estimate of drug-likeness (QED) is 0.279. The van der Waals surface area contributed by atoms with Gasteiger partial charge in [-0.3, -0.25) is 4.79 Å². The maximum absolute atomic E-state index is 12.2. The Hall–Kier alpha value is -1.21. The molecule has 4 aliphatic rings. The number of hydrogen-bond donors (Lipinski definition) is 1. The third-order valence-corrected chi connectivity index (χ3v) is 13.1. The van der Waals surface area contributed by atoms with Gasteiger partial charge in [0.05, 0.1) is 30.3 Å². The van der Waals surface area contributed by atoms with Crippen LogP contribution in [0.25, 0.3) is 0 Å². The third kappa shape index (κ3) is 6.97. The lowest BCUT2D eigenvalue weighted by molar-refractivity contribution is -0.260. The Kier molecular flexibility index (Phi) is 9.90. The van der Waals surface area contributed by atoms with Gasteiger partial charge in [-0.05, 0) is 44.7 Å². The van der Waals surface area contributed by atoms with Crippen LogP contribution in [0.2, 0.25) is 11.1 Å². The van der Waals surface area contributed by atoms with Crippen molar-refractivity contribution in [1.82, 2.24) is 0 Å². The zero-order chi connectivity index (χ0) is 30.3. The highest BCUT2D eigenvalue weighted by molar-refractivity contribution is 6.70. The molecule has 3 saturated heterocycles. The summed E-state index contributed by atoms with van der Waals surface area (Å²) < 4.78 is 49.9. The summed E-state index contributed by atoms with van der Waals surface area (Å²) in [5, 5.41) is 11.6. The Morgan fingerprint density at radius 3 is 2.32 bits per heavy atom. The molecule has 8 atom stereocenters. The summed E-state index contributed by atoms with van der Waals surface area (Å²) >= 11 is 0. The summed E-state index contributed by atoms with van der Waals surface area (Å²) in [5.74, 6) is -0.313. The van der Waals surface area contributed by atoms with Crippen LogP contribution >= 0.6 is 0 Å². The van der Waals surface area contributed by atoms with Crippen LogP contribution in [0.1, 0.15) is 88.0 Å². The van der Waals surface area contributed by atoms with E-state index in [2.05, 4.69) is 27.7 Å². The number of carbonyl (C=O) groups is 1. The van der Waals surface area contributed by atoms with Gasteiger partial charge in [-0.15, -0.1) is 0 Å². The zero-order valence-electron chi connectivity index (χ0n) is 26.5. The van der Waals surface area contributed by atoms with Crippen molar-refractivity contribution in [3.05, 3.63) is 12.0 Å². The van der Waals surface area contributed by atoms with Gasteiger partial charge in [0, 0.05) is 33.8 Å². The molecule has 4 heterocycles. The summed E-state index contributed by atoms with van der Waals surface area (Å²) in [7, 11) is -0.982. The van der Waals surface area contributed by atoms with E-state index in [0.717, 1.165) is 12.8 Å². The minimum absolute atomic E-state index is 0.144. The van der Waals surface area contributed by atoms with Gasteiger partial charge in [0.2, 0.25) is 5.79 Å². The lowest BCUT2D eigenvalue weighted by atomic mass is 9.88. The average molecular weight is 601 g/mol. The summed E-state index contributed by atoms with van der Waals surface area (Å²) in [4.78, 5) is 12.2. The number of aliphatic hydroxyl groups is 1. The van der Waals surface area contributed by atoms with Crippen LogP contribution < -0.4 is 0 Å². The molecule has 1 N–H and O–H groups in total. The topological polar surface area (TPSA) is 111 Å². The minimum Gasteiger partial charge on any atom is -0.465 e. The predicted octanol–water partition coefficient (Wildman–Crippen LogP) is 4.72. The lowest BCUT2D eigenvalue weighted by Crippen LogP contribution is -2.62. The SMILES string of the molecule is CO[Si](O[C@@H]1[C@@H]2O[C@H]3CC[C@H](CCOC(=O)C(C)(C)C)O[C@@H]3[C@@H](O)[C@@H]2O[C@@H]1CC1=COC(C)(C)O1)(C(C)C)C(C)C. The largest absolute Gasteiger partial charge is 0.465 e. The van der Waals surface area contributed by atoms with E-state index < -0.39 is 56.4 Å². The van der Waals surface area contributed by atoms with Crippen LogP contribution in [-0.4, -0.2) is 88.0 Å². The fraction of sp³-hybridized carbons (Fsp3) is 0.900. The molecule has 0 aromatic carbocycles. The second kappa shape index (κ2) is 12.4. The van der Waals surface area contributed by atoms with E-state index in [4.69, 9.17) is 37.3 Å². The first-order chi connectivity index (χ1) is 19.1. The van der Waals surface area contributed by atoms with E-state index in [0.29, 0.717) is 18.6 Å². The summed E-state index contributed by atoms with van der Waals surface area (Å²) in [6.07, 6.45) is 0.164. The number of carbonyl (C=O) groups excluding carboxylic acids is 1. The molecule has 11 heteroatoms. The summed E-state index contributed by atoms with van der Waals surface area (Å²) in [5.41, 5.74) is -0.182. The maximum Gasteiger partial charge on any atom is 0.343 e. The highest BCUT2D eigenvalue weighted by atomic mass is 28.4. The van der Waals surface area contributed by atoms with Crippen molar-refractivity contribution < 1.29 is 47.2 Å². The third-order valence-electron chi connectivity index (χ3n) is 8.63. The monoisotopic (exact) mass is 600 g/mol. The fourth-order valence-electron chi connectivity index (χ4n) is 6.46. The smallest absolute Gasteiger partial charge is 0.343 e. The van der Waals surface area contributed by atoms with Crippen molar-refractivity contribution in [3.8, 4) is 0 Å². The van der Waals surface area contributed by atoms with Crippen molar-refractivity contribution >= 4 is 14.5 Å². The van der Waals surface area contributed by atoms with Crippen molar-refractivity contribution in [3.63, 3.8) is 0 Å². The standard InChI is InChI=1S/C30H52O10Si/c1-17(2)41(33-10,18(3)4)40-25-22(15-20-16-35-30(8,9)39-20)38-26-23(31)24-21(37-27(25)26)12-11-19(36-24)13-14-34-28(32)29(5,6)7/h16-19,21-27,31H,11-15H2,1-10H3/t19-,21+,22-,23-,24+,25+,26+,27+/m1/s1. The van der Waals surface area contributed by atoms with Gasteiger partial charge in [0.15, 0.2) is 0 Å². The minimum atomic E-state index is -2.71. The van der Waals surface area contributed by atoms with Gasteiger partial charge in [-0.25, -0.2) is 0 Å². The van der Waals surface area contributed by atoms with Gasteiger partial charge >= 0.3 is 14.5 Å². The van der Waals surface area contributed by atoms with Gasteiger partial charge < -0.3 is 42.4 Å². The van der Waals surface area contributed by atoms with Gasteiger partial charge in [-0.2, -0.15) is 0 Å². The van der Waals surface area contributed by atoms with E-state index in [1.165, 1.54) is 0 Å². The van der Waals surface area contributed by atoms with E-state index in [1.54, 1.807) is 13.4 Å². The number of rotatable bonds is 10. The second-order valence-electron chi connectivity index (χ2n) is 14.0. The molecule has 10 nitrogen and oxygen atoms in total. The molecule has 0 aromatic heterocycles. The Morgan fingerprint density at radius 1 is 1.07 bits per heavy atom. The van der Waals surface area contributed by atoms with Gasteiger partial charge in [-0.1, -0.05) is 27.7 Å². The Morgan fingerprint density at radius 2 is 1.76 bits per heavy atom. The molecular formula is C30H52O10Si. The van der Waals surface area contributed by atoms with E-state index in [-0.39, 0.29) is 35.9 Å². The van der Waals surface area contributed by atoms with Crippen LogP contribution in [0.3, 0.4) is 0 Å². The van der Waals surface area contributed by atoms with Crippen LogP contribution in [0.5, 0.6) is 0 Å². The maximum atomic E-state index is 12.2. The van der Waals surface area contributed by atoms with Crippen molar-refractivity contribution in [2.75, 3.05) is 13.7 Å². The van der Waals surface area contributed by atoms with E-state index in [1.807, 2.05) is 34.6 Å². The van der Waals surface area contributed by atoms with E-state index in [9.17, 15) is 9.90 Å². The first kappa shape index (κ1) is 32.7. The lowest BCUT2D eigenvalue weighted by Gasteiger charge is -2.47. The molecular weight excluding hydrogens is 548 g/mol. The highest BCUT2D eigenvalue weighted by Crippen LogP contribution is 2.45. The molecule has 41 heavy (non-hydrogen) atoms. The predicted molar refractivity (Wildman–Crippen MR) is 153 cm³/mol. The van der Waals surface area contributed by atoms with Crippen LogP contribution in [-0.2, 0) is 42.1 Å². The number of ether oxygens (including phenoxy) is 6. The molecule has 4 aliphatic heterocycles. The zero-order valence-corrected chi connectivity index (χ0v) is 27.5. The molecule has 236 valence electrons. The Labute approximate surface area is 246 Å². The highest BCUT2D eigenvalue weighted by Gasteiger charge is 2.60. The van der Waals surface area contributed by atoms with Crippen molar-refractivity contribution in [2.45, 2.75) is 154 Å². The number of esters is 1. The van der Waals surface area contributed by atoms with Crippen LogP contribution in [0.4, 0.5) is 0 Å². The molecule has 0 amide bonds. The number of hydrogen-bond acceptors (Lipinski definition) is 10. The first-order valence-corrected chi connectivity index (χ1v) is 17.2. The van der Waals surface area contributed by atoms with E-state index >= 15 is 0 Å². The number of fused-ring (bicyclic) bond motifs is 2. The Balaban J connectivity index is 1.50. The molecule has 0 spiro atoms. The summed E-state index contributed by atoms with van der Waals surface area (Å²) in [6.45, 7) is 18.0. The van der Waals surface area contributed by atoms with Gasteiger partial charge in [0.25, 0.3) is 0 Å². The molecule has 0 aliphatic carbocycles. The Bertz CT molecular complexity index is 936.